The maximum absolute atomic E-state index is 13.9. The molecule has 2 heterocycles. The molecule has 4 rings (SSSR count). The van der Waals surface area contributed by atoms with Gasteiger partial charge in [0, 0.05) is 45.1 Å². The minimum absolute atomic E-state index is 0.0616. The fourth-order valence-corrected chi connectivity index (χ4v) is 8.35. The molecule has 6 N–H and O–H groups in total. The number of hydrogen-bond donors (Lipinski definition) is 6. The Morgan fingerprint density at radius 2 is 1.67 bits per heavy atom. The summed E-state index contributed by atoms with van der Waals surface area (Å²) in [4.78, 5) is 89.7. The van der Waals surface area contributed by atoms with Gasteiger partial charge in [0.15, 0.2) is 0 Å². The van der Waals surface area contributed by atoms with E-state index < -0.39 is 63.6 Å². The lowest BCUT2D eigenvalue weighted by atomic mass is 9.73. The fraction of sp³-hybridized carbons (Fsp3) is 0.429. The Morgan fingerprint density at radius 3 is 2.30 bits per heavy atom. The van der Waals surface area contributed by atoms with Gasteiger partial charge in [-0.05, 0) is 47.6 Å². The fourth-order valence-electron chi connectivity index (χ4n) is 5.72. The largest absolute Gasteiger partial charge is 0.481 e. The van der Waals surface area contributed by atoms with Gasteiger partial charge in [-0.15, -0.1) is 0 Å². The van der Waals surface area contributed by atoms with E-state index in [-0.39, 0.29) is 50.7 Å². The number of hydrogen-bond acceptors (Lipinski definition) is 12. The van der Waals surface area contributed by atoms with Gasteiger partial charge in [-0.3, -0.25) is 33.4 Å². The minimum Gasteiger partial charge on any atom is -0.449 e. The maximum atomic E-state index is 13.9. The number of fused-ring (bicyclic) bond motifs is 1. The van der Waals surface area contributed by atoms with Crippen molar-refractivity contribution >= 4 is 51.8 Å². The summed E-state index contributed by atoms with van der Waals surface area (Å²) in [6.45, 7) is 3.96. The number of benzene rings is 2. The molecule has 1 aliphatic heterocycles. The lowest BCUT2D eigenvalue weighted by molar-refractivity contribution is -0.123. The molecule has 3 aromatic rings. The van der Waals surface area contributed by atoms with Crippen molar-refractivity contribution in [2.24, 2.45) is 5.92 Å². The molecular weight excluding hydrogens is 785 g/mol. The average Bonchev–Trinajstić information content (AvgIpc) is 3.40. The van der Waals surface area contributed by atoms with Crippen molar-refractivity contribution in [3.05, 3.63) is 89.5 Å². The molecule has 0 saturated carbocycles. The number of rotatable bonds is 18. The molecule has 0 aliphatic carbocycles. The monoisotopic (exact) mass is 832 g/mol. The van der Waals surface area contributed by atoms with Crippen LogP contribution in [0.25, 0.3) is 0 Å². The predicted molar refractivity (Wildman–Crippen MR) is 206 cm³/mol. The second-order valence-corrected chi connectivity index (χ2v) is 17.7. The van der Waals surface area contributed by atoms with Crippen LogP contribution < -0.4 is 20.9 Å². The van der Waals surface area contributed by atoms with Gasteiger partial charge in [-0.25, -0.2) is 9.78 Å². The molecule has 2 aromatic carbocycles. The molecule has 308 valence electrons. The van der Waals surface area contributed by atoms with Crippen LogP contribution in [0.1, 0.15) is 60.3 Å². The Balaban J connectivity index is 1.36. The van der Waals surface area contributed by atoms with E-state index in [0.29, 0.717) is 12.1 Å². The van der Waals surface area contributed by atoms with Gasteiger partial charge in [-0.2, -0.15) is 0 Å². The summed E-state index contributed by atoms with van der Waals surface area (Å²) in [5.41, 5.74) is 0.419. The van der Waals surface area contributed by atoms with E-state index in [0.717, 1.165) is 23.8 Å². The molecule has 19 nitrogen and oxygen atoms in total. The van der Waals surface area contributed by atoms with Crippen LogP contribution in [-0.4, -0.2) is 93.9 Å². The first-order valence-electron chi connectivity index (χ1n) is 17.9. The van der Waals surface area contributed by atoms with Gasteiger partial charge >= 0.3 is 28.4 Å². The summed E-state index contributed by atoms with van der Waals surface area (Å²) in [6.07, 6.45) is 3.65. The van der Waals surface area contributed by atoms with Gasteiger partial charge < -0.3 is 49.2 Å². The van der Waals surface area contributed by atoms with Crippen molar-refractivity contribution in [2.75, 3.05) is 25.7 Å². The van der Waals surface area contributed by atoms with Crippen molar-refractivity contribution in [3.63, 3.8) is 0 Å². The number of anilines is 1. The van der Waals surface area contributed by atoms with Gasteiger partial charge in [-0.1, -0.05) is 50.2 Å². The highest BCUT2D eigenvalue weighted by Crippen LogP contribution is 2.61. The van der Waals surface area contributed by atoms with Crippen molar-refractivity contribution in [1.82, 2.24) is 25.9 Å². The lowest BCUT2D eigenvalue weighted by Gasteiger charge is -2.27. The molecule has 0 radical (unpaired) electrons. The third-order valence-electron chi connectivity index (χ3n) is 8.69. The van der Waals surface area contributed by atoms with E-state index in [9.17, 15) is 43.0 Å². The van der Waals surface area contributed by atoms with E-state index in [1.54, 1.807) is 18.2 Å². The molecule has 0 saturated heterocycles. The average molecular weight is 833 g/mol. The summed E-state index contributed by atoms with van der Waals surface area (Å²) in [7, 11) is -8.71. The van der Waals surface area contributed by atoms with Crippen LogP contribution in [0.4, 0.5) is 10.5 Å². The summed E-state index contributed by atoms with van der Waals surface area (Å²) < 4.78 is 45.5. The van der Waals surface area contributed by atoms with Crippen molar-refractivity contribution in [1.29, 1.82) is 0 Å². The van der Waals surface area contributed by atoms with Crippen LogP contribution in [-0.2, 0) is 56.9 Å². The summed E-state index contributed by atoms with van der Waals surface area (Å²) in [6, 6.07) is 13.5. The Bertz CT molecular complexity index is 1940. The maximum Gasteiger partial charge on any atom is 0.481 e. The molecule has 4 amide bonds. The molecule has 1 aliphatic rings. The number of ether oxygens (including phenoxy) is 1. The van der Waals surface area contributed by atoms with Crippen molar-refractivity contribution < 1.29 is 61.6 Å². The number of amides is 4. The van der Waals surface area contributed by atoms with E-state index in [4.69, 9.17) is 14.0 Å². The zero-order valence-corrected chi connectivity index (χ0v) is 33.6. The third-order valence-corrected chi connectivity index (χ3v) is 12.5. The number of carbonyl (C=O) groups excluding carboxylic acids is 4. The molecular formula is C35H47BN6O13P2. The van der Waals surface area contributed by atoms with Crippen molar-refractivity contribution in [3.8, 4) is 0 Å². The van der Waals surface area contributed by atoms with E-state index in [1.807, 2.05) is 49.5 Å². The Kier molecular flexibility index (Phi) is 16.5. The van der Waals surface area contributed by atoms with E-state index in [2.05, 4.69) is 25.1 Å². The summed E-state index contributed by atoms with van der Waals surface area (Å²) in [5, 5.41) is 7.66. The first-order chi connectivity index (χ1) is 27.0. The molecule has 0 fully saturated rings. The van der Waals surface area contributed by atoms with Crippen LogP contribution in [0.15, 0.2) is 67.1 Å². The molecule has 57 heavy (non-hydrogen) atoms. The van der Waals surface area contributed by atoms with Crippen LogP contribution in [0.5, 0.6) is 0 Å². The molecule has 2 unspecified atom stereocenters. The zero-order chi connectivity index (χ0) is 41.8. The molecule has 0 spiro atoms. The molecule has 4 atom stereocenters. The molecule has 22 heteroatoms. The van der Waals surface area contributed by atoms with Crippen LogP contribution >= 0.6 is 15.2 Å². The second-order valence-electron chi connectivity index (χ2n) is 13.5. The smallest absolute Gasteiger partial charge is 0.449 e. The number of carbonyl (C=O) groups is 4. The molecule has 0 bridgehead atoms. The van der Waals surface area contributed by atoms with Crippen LogP contribution in [0, 0.1) is 5.92 Å². The van der Waals surface area contributed by atoms with E-state index >= 15 is 0 Å². The van der Waals surface area contributed by atoms with Crippen LogP contribution in [0.2, 0.25) is 0 Å². The standard InChI is InChI=1S/C35H47BN6O13P2/c1-23(2)17-30(40-32(44)28(18-24-9-6-5-7-10-24)39-33(45)29-20-37-14-15-38-29)36-54-21-25-12-13-27(19-26(25)22-55-36)42(3)35(46)53-16-8-11-31(43)41-34(56(47,48)49)57(50,51)52-4/h5-7,9-10,12-15,19-20,23,28,30,34H,8,11,16-18,21-22H2,1-4H3,(H,39,45)(H,40,44)(H,41,43)(H,50,51)(H2,47,48,49)/t28-,30-,34?/m0/s1. The summed E-state index contributed by atoms with van der Waals surface area (Å²) in [5.74, 6) is -2.43. The lowest BCUT2D eigenvalue weighted by Crippen LogP contribution is -2.56. The highest BCUT2D eigenvalue weighted by atomic mass is 31.2. The van der Waals surface area contributed by atoms with Crippen molar-refractivity contribution in [2.45, 2.75) is 70.3 Å². The van der Waals surface area contributed by atoms with E-state index in [1.165, 1.54) is 30.5 Å². The highest BCUT2D eigenvalue weighted by molar-refractivity contribution is 7.71. The van der Waals surface area contributed by atoms with Crippen LogP contribution in [0.3, 0.4) is 0 Å². The first kappa shape index (κ1) is 45.2. The first-order valence-corrected chi connectivity index (χ1v) is 21.2. The minimum atomic E-state index is -5.24. The Morgan fingerprint density at radius 1 is 0.965 bits per heavy atom. The number of aromatic nitrogens is 2. The van der Waals surface area contributed by atoms with Gasteiger partial charge in [0.25, 0.3) is 5.91 Å². The zero-order valence-electron chi connectivity index (χ0n) is 31.8. The number of nitrogens with zero attached hydrogens (tertiary/aromatic N) is 3. The van der Waals surface area contributed by atoms with Gasteiger partial charge in [0.1, 0.15) is 11.7 Å². The molecule has 1 aromatic heterocycles. The highest BCUT2D eigenvalue weighted by Gasteiger charge is 2.46. The second kappa shape index (κ2) is 20.8. The third kappa shape index (κ3) is 13.5. The Labute approximate surface area is 330 Å². The Hall–Kier alpha value is -4.52. The summed E-state index contributed by atoms with van der Waals surface area (Å²) >= 11 is 0. The van der Waals surface area contributed by atoms with Gasteiger partial charge in [0.2, 0.25) is 17.3 Å². The van der Waals surface area contributed by atoms with Gasteiger partial charge in [0.05, 0.1) is 32.0 Å². The number of nitrogens with one attached hydrogen (secondary N) is 3. The predicted octanol–water partition coefficient (Wildman–Crippen LogP) is 2.89. The normalized spacial score (nSPS) is 15.5. The topological polar surface area (TPSA) is 265 Å². The quantitative estimate of drug-likeness (QED) is 0.0612. The SMILES string of the molecule is COP(=O)(O)C(NC(=O)CCCOC(=O)N(C)c1ccc2c(c1)COB([C@H](CC(C)C)NC(=O)[C@H](Cc1ccccc1)NC(=O)c1cnccn1)OC2)P(=O)(O)O.